The monoisotopic (exact) mass is 584 g/mol. The number of allylic oxidation sites excluding steroid dienone is 2. The Kier molecular flexibility index (Phi) is 29.8. The zero-order valence-electron chi connectivity index (χ0n) is 27.0. The van der Waals surface area contributed by atoms with Gasteiger partial charge >= 0.3 is 0 Å². The lowest BCUT2D eigenvalue weighted by Crippen LogP contribution is -2.53. The van der Waals surface area contributed by atoms with Gasteiger partial charge in [0.05, 0.1) is 18.8 Å². The SMILES string of the molecule is CCC/C=C/CCCC(O)C(O)C(CO)NC(=O)C(O)CCCCCCCCCCCCCCCCCCCCC. The molecule has 0 bridgehead atoms. The summed E-state index contributed by atoms with van der Waals surface area (Å²) >= 11 is 0. The maximum Gasteiger partial charge on any atom is 0.249 e. The van der Waals surface area contributed by atoms with Gasteiger partial charge in [-0.15, -0.1) is 0 Å². The molecule has 4 unspecified atom stereocenters. The number of carbonyl (C=O) groups is 1. The summed E-state index contributed by atoms with van der Waals surface area (Å²) in [5.41, 5.74) is 0. The fraction of sp³-hybridized carbons (Fsp3) is 0.914. The molecule has 0 aromatic rings. The van der Waals surface area contributed by atoms with Crippen LogP contribution in [-0.4, -0.2) is 57.3 Å². The molecule has 41 heavy (non-hydrogen) atoms. The van der Waals surface area contributed by atoms with Gasteiger partial charge in [0, 0.05) is 0 Å². The molecule has 0 aromatic carbocycles. The van der Waals surface area contributed by atoms with Crippen molar-refractivity contribution < 1.29 is 25.2 Å². The minimum atomic E-state index is -1.27. The number of carbonyl (C=O) groups excluding carboxylic acids is 1. The summed E-state index contributed by atoms with van der Waals surface area (Å²) in [5, 5.41) is 43.0. The van der Waals surface area contributed by atoms with Crippen molar-refractivity contribution in [2.24, 2.45) is 0 Å². The van der Waals surface area contributed by atoms with Gasteiger partial charge in [0.25, 0.3) is 0 Å². The first-order valence-electron chi connectivity index (χ1n) is 17.6. The minimum Gasteiger partial charge on any atom is -0.394 e. The summed E-state index contributed by atoms with van der Waals surface area (Å²) < 4.78 is 0. The summed E-state index contributed by atoms with van der Waals surface area (Å²) in [6.07, 6.45) is 29.9. The van der Waals surface area contributed by atoms with Crippen LogP contribution in [0, 0.1) is 0 Å². The van der Waals surface area contributed by atoms with E-state index in [1.54, 1.807) is 0 Å². The molecule has 244 valence electrons. The number of amides is 1. The number of rotatable bonds is 31. The van der Waals surface area contributed by atoms with E-state index in [9.17, 15) is 25.2 Å². The highest BCUT2D eigenvalue weighted by Crippen LogP contribution is 2.15. The van der Waals surface area contributed by atoms with Gasteiger partial charge in [-0.3, -0.25) is 4.79 Å². The molecule has 6 nitrogen and oxygen atoms in total. The van der Waals surface area contributed by atoms with Crippen molar-refractivity contribution in [1.82, 2.24) is 5.32 Å². The van der Waals surface area contributed by atoms with E-state index < -0.39 is 36.9 Å². The topological polar surface area (TPSA) is 110 Å². The molecule has 0 spiro atoms. The first-order valence-corrected chi connectivity index (χ1v) is 17.6. The fourth-order valence-electron chi connectivity index (χ4n) is 5.35. The second-order valence-corrected chi connectivity index (χ2v) is 12.2. The molecule has 0 fully saturated rings. The lowest BCUT2D eigenvalue weighted by molar-refractivity contribution is -0.132. The van der Waals surface area contributed by atoms with Crippen LogP contribution in [0.2, 0.25) is 0 Å². The van der Waals surface area contributed by atoms with Crippen LogP contribution in [0.1, 0.15) is 174 Å². The largest absolute Gasteiger partial charge is 0.394 e. The van der Waals surface area contributed by atoms with E-state index in [0.717, 1.165) is 38.5 Å². The number of aliphatic hydroxyl groups excluding tert-OH is 4. The molecule has 6 heteroatoms. The summed E-state index contributed by atoms with van der Waals surface area (Å²) in [6, 6.07) is -0.993. The van der Waals surface area contributed by atoms with Crippen molar-refractivity contribution in [3.63, 3.8) is 0 Å². The molecule has 0 aromatic heterocycles. The summed E-state index contributed by atoms with van der Waals surface area (Å²) in [7, 11) is 0. The van der Waals surface area contributed by atoms with Gasteiger partial charge in [-0.1, -0.05) is 154 Å². The van der Waals surface area contributed by atoms with Crippen LogP contribution in [0.25, 0.3) is 0 Å². The van der Waals surface area contributed by atoms with Gasteiger partial charge in [-0.2, -0.15) is 0 Å². The van der Waals surface area contributed by atoms with Gasteiger partial charge < -0.3 is 25.7 Å². The fourth-order valence-corrected chi connectivity index (χ4v) is 5.35. The summed E-state index contributed by atoms with van der Waals surface area (Å²) in [4.78, 5) is 12.3. The molecule has 0 saturated heterocycles. The average molecular weight is 584 g/mol. The number of nitrogens with one attached hydrogen (secondary N) is 1. The number of hydrogen-bond donors (Lipinski definition) is 5. The third-order valence-corrected chi connectivity index (χ3v) is 8.21. The van der Waals surface area contributed by atoms with Gasteiger partial charge in [-0.25, -0.2) is 0 Å². The average Bonchev–Trinajstić information content (AvgIpc) is 2.98. The Balaban J connectivity index is 3.70. The third kappa shape index (κ3) is 25.3. The lowest BCUT2D eigenvalue weighted by atomic mass is 10.00. The Morgan fingerprint density at radius 1 is 0.585 bits per heavy atom. The molecule has 5 N–H and O–H groups in total. The maximum absolute atomic E-state index is 12.3. The molecule has 0 heterocycles. The smallest absolute Gasteiger partial charge is 0.249 e. The predicted octanol–water partition coefficient (Wildman–Crippen LogP) is 7.89. The maximum atomic E-state index is 12.3. The molecule has 0 aliphatic carbocycles. The Morgan fingerprint density at radius 2 is 1.02 bits per heavy atom. The van der Waals surface area contributed by atoms with Crippen LogP contribution in [0.15, 0.2) is 12.2 Å². The van der Waals surface area contributed by atoms with Crippen LogP contribution in [0.4, 0.5) is 0 Å². The molecule has 0 aliphatic rings. The van der Waals surface area contributed by atoms with Crippen LogP contribution >= 0.6 is 0 Å². The van der Waals surface area contributed by atoms with E-state index in [4.69, 9.17) is 0 Å². The van der Waals surface area contributed by atoms with Gasteiger partial charge in [0.15, 0.2) is 0 Å². The Bertz CT molecular complexity index is 585. The van der Waals surface area contributed by atoms with E-state index in [0.29, 0.717) is 19.3 Å². The molecular formula is C35H69NO5. The quantitative estimate of drug-likeness (QED) is 0.0421. The summed E-state index contributed by atoms with van der Waals surface area (Å²) in [6.45, 7) is 3.90. The van der Waals surface area contributed by atoms with Crippen LogP contribution in [0.3, 0.4) is 0 Å². The minimum absolute atomic E-state index is 0.367. The predicted molar refractivity (Wildman–Crippen MR) is 173 cm³/mol. The molecule has 0 saturated carbocycles. The third-order valence-electron chi connectivity index (χ3n) is 8.21. The zero-order valence-corrected chi connectivity index (χ0v) is 27.0. The van der Waals surface area contributed by atoms with E-state index in [2.05, 4.69) is 31.3 Å². The van der Waals surface area contributed by atoms with Crippen molar-refractivity contribution >= 4 is 5.91 Å². The van der Waals surface area contributed by atoms with E-state index in [-0.39, 0.29) is 0 Å². The van der Waals surface area contributed by atoms with E-state index in [1.807, 2.05) is 0 Å². The van der Waals surface area contributed by atoms with Crippen LogP contribution in [0.5, 0.6) is 0 Å². The molecule has 0 aliphatic heterocycles. The normalized spacial score (nSPS) is 14.8. The second kappa shape index (κ2) is 30.5. The molecule has 0 rings (SSSR count). The molecule has 4 atom stereocenters. The first-order chi connectivity index (χ1) is 20.0. The Morgan fingerprint density at radius 3 is 1.46 bits per heavy atom. The lowest BCUT2D eigenvalue weighted by Gasteiger charge is -2.27. The van der Waals surface area contributed by atoms with Gasteiger partial charge in [-0.05, 0) is 32.1 Å². The van der Waals surface area contributed by atoms with Crippen molar-refractivity contribution in [1.29, 1.82) is 0 Å². The van der Waals surface area contributed by atoms with Gasteiger partial charge in [0.2, 0.25) is 5.91 Å². The van der Waals surface area contributed by atoms with E-state index in [1.165, 1.54) is 103 Å². The molecule has 0 radical (unpaired) electrons. The molecule has 1 amide bonds. The van der Waals surface area contributed by atoms with Crippen LogP contribution < -0.4 is 5.32 Å². The Labute approximate surface area is 253 Å². The first kappa shape index (κ1) is 40.1. The highest BCUT2D eigenvalue weighted by molar-refractivity contribution is 5.80. The standard InChI is InChI=1S/C35H69NO5/c1-3-5-7-9-11-12-13-14-15-16-17-18-19-20-21-22-23-25-27-29-33(39)35(41)36-31(30-37)34(40)32(38)28-26-24-10-8-6-4-2/h8,10,31-34,37-40H,3-7,9,11-30H2,1-2H3,(H,36,41)/b10-8+. The van der Waals surface area contributed by atoms with Crippen molar-refractivity contribution in [2.45, 2.75) is 199 Å². The zero-order chi connectivity index (χ0) is 30.4. The summed E-state index contributed by atoms with van der Waals surface area (Å²) in [5.74, 6) is -0.597. The number of unbranched alkanes of at least 4 members (excludes halogenated alkanes) is 20. The Hall–Kier alpha value is -0.950. The van der Waals surface area contributed by atoms with Gasteiger partial charge in [0.1, 0.15) is 12.2 Å². The highest BCUT2D eigenvalue weighted by atomic mass is 16.3. The highest BCUT2D eigenvalue weighted by Gasteiger charge is 2.28. The van der Waals surface area contributed by atoms with Crippen LogP contribution in [-0.2, 0) is 4.79 Å². The number of hydrogen-bond acceptors (Lipinski definition) is 5. The number of aliphatic hydroxyl groups is 4. The van der Waals surface area contributed by atoms with E-state index >= 15 is 0 Å². The van der Waals surface area contributed by atoms with Crippen molar-refractivity contribution in [3.05, 3.63) is 12.2 Å². The van der Waals surface area contributed by atoms with Crippen molar-refractivity contribution in [2.75, 3.05) is 6.61 Å². The molecular weight excluding hydrogens is 514 g/mol. The second-order valence-electron chi connectivity index (χ2n) is 12.2. The van der Waals surface area contributed by atoms with Crippen molar-refractivity contribution in [3.8, 4) is 0 Å².